The zero-order valence-corrected chi connectivity index (χ0v) is 17.1. The van der Waals surface area contributed by atoms with Gasteiger partial charge in [-0.15, -0.1) is 23.5 Å². The number of hydrogen-bond donors (Lipinski definition) is 3. The van der Waals surface area contributed by atoms with Crippen LogP contribution in [0, 0.1) is 6.92 Å². The fourth-order valence-corrected chi connectivity index (χ4v) is 3.79. The van der Waals surface area contributed by atoms with E-state index in [1.807, 2.05) is 29.9 Å². The number of aryl methyl sites for hydroxylation is 1. The maximum Gasteiger partial charge on any atom is 0.191 e. The van der Waals surface area contributed by atoms with Crippen molar-refractivity contribution in [3.8, 4) is 0 Å². The van der Waals surface area contributed by atoms with Crippen LogP contribution in [0.5, 0.6) is 0 Å². The van der Waals surface area contributed by atoms with Crippen LogP contribution in [-0.4, -0.2) is 43.3 Å². The number of nitrogens with two attached hydrogens (primary N) is 1. The number of guanidine groups is 1. The van der Waals surface area contributed by atoms with Gasteiger partial charge in [0.05, 0.1) is 17.3 Å². The van der Waals surface area contributed by atoms with Gasteiger partial charge in [0.2, 0.25) is 0 Å². The summed E-state index contributed by atoms with van der Waals surface area (Å²) < 4.78 is 0. The first kappa shape index (κ1) is 21.0. The minimum atomic E-state index is 0.534. The normalized spacial score (nSPS) is 14.9. The van der Waals surface area contributed by atoms with Gasteiger partial charge in [0.15, 0.2) is 5.96 Å². The topological polar surface area (TPSA) is 100 Å². The average molecular weight is 404 g/mol. The quantitative estimate of drug-likeness (QED) is 0.254. The molecule has 1 aliphatic heterocycles. The van der Waals surface area contributed by atoms with Crippen LogP contribution in [0.1, 0.15) is 17.7 Å². The fourth-order valence-electron chi connectivity index (χ4n) is 2.21. The highest BCUT2D eigenvalue weighted by Gasteiger charge is 2.05. The van der Waals surface area contributed by atoms with E-state index in [0.29, 0.717) is 23.1 Å². The molecular weight excluding hydrogens is 378 g/mol. The Morgan fingerprint density at radius 3 is 2.67 bits per heavy atom. The average Bonchev–Trinajstić information content (AvgIpc) is 2.68. The van der Waals surface area contributed by atoms with E-state index < -0.39 is 0 Å². The van der Waals surface area contributed by atoms with E-state index in [9.17, 15) is 0 Å². The third-order valence-corrected chi connectivity index (χ3v) is 5.24. The molecule has 4 N–H and O–H groups in total. The second-order valence-electron chi connectivity index (χ2n) is 5.61. The van der Waals surface area contributed by atoms with Gasteiger partial charge in [-0.1, -0.05) is 6.07 Å². The van der Waals surface area contributed by atoms with Gasteiger partial charge in [-0.3, -0.25) is 15.0 Å². The minimum Gasteiger partial charge on any atom is -0.384 e. The van der Waals surface area contributed by atoms with Gasteiger partial charge in [-0.25, -0.2) is 4.98 Å². The molecule has 0 atom stereocenters. The van der Waals surface area contributed by atoms with Crippen LogP contribution in [-0.2, 0) is 5.75 Å². The number of hydrogen-bond acceptors (Lipinski definition) is 9. The first-order chi connectivity index (χ1) is 13.1. The molecule has 1 aromatic rings. The van der Waals surface area contributed by atoms with Gasteiger partial charge in [0, 0.05) is 29.9 Å². The van der Waals surface area contributed by atoms with Gasteiger partial charge >= 0.3 is 0 Å². The SMILES string of the molecule is C=NC(=C\SCNC1=NCCCN1)/C(=C/SCc1ccc(N)nc1C)N=C. The van der Waals surface area contributed by atoms with Crippen LogP contribution in [0.3, 0.4) is 0 Å². The molecule has 9 heteroatoms. The van der Waals surface area contributed by atoms with E-state index in [1.54, 1.807) is 23.5 Å². The number of pyridine rings is 1. The van der Waals surface area contributed by atoms with Crippen LogP contribution >= 0.6 is 23.5 Å². The standard InChI is InChI=1S/C18H25N7S2/c1-13-14(5-6-17(19)25-13)9-26-10-15(20-2)16(21-3)11-27-12-24-18-22-7-4-8-23-18/h5-6,10-11H,2-4,7-9,12H2,1H3,(H2,19,25)(H2,22,23,24)/b15-10-,16-11-. The van der Waals surface area contributed by atoms with Crippen LogP contribution < -0.4 is 16.4 Å². The summed E-state index contributed by atoms with van der Waals surface area (Å²) in [6.45, 7) is 11.1. The Kier molecular flexibility index (Phi) is 8.93. The number of aromatic nitrogens is 1. The number of thioether (sulfide) groups is 2. The van der Waals surface area contributed by atoms with Crippen molar-refractivity contribution in [1.82, 2.24) is 15.6 Å². The van der Waals surface area contributed by atoms with Crippen molar-refractivity contribution in [2.75, 3.05) is 24.7 Å². The monoisotopic (exact) mass is 403 g/mol. The zero-order chi connectivity index (χ0) is 19.5. The summed E-state index contributed by atoms with van der Waals surface area (Å²) in [4.78, 5) is 16.8. The van der Waals surface area contributed by atoms with Crippen molar-refractivity contribution in [3.63, 3.8) is 0 Å². The largest absolute Gasteiger partial charge is 0.384 e. The van der Waals surface area contributed by atoms with Crippen molar-refractivity contribution in [2.24, 2.45) is 15.0 Å². The molecule has 144 valence electrons. The van der Waals surface area contributed by atoms with Crippen molar-refractivity contribution < 1.29 is 0 Å². The lowest BCUT2D eigenvalue weighted by Gasteiger charge is -2.15. The van der Waals surface area contributed by atoms with Gasteiger partial charge in [-0.05, 0) is 43.8 Å². The number of aliphatic imine (C=N–C) groups is 3. The highest BCUT2D eigenvalue weighted by Crippen LogP contribution is 2.23. The van der Waals surface area contributed by atoms with Crippen molar-refractivity contribution in [1.29, 1.82) is 0 Å². The van der Waals surface area contributed by atoms with Crippen LogP contribution in [0.2, 0.25) is 0 Å². The summed E-state index contributed by atoms with van der Waals surface area (Å²) in [6, 6.07) is 3.80. The first-order valence-corrected chi connectivity index (χ1v) is 10.6. The molecule has 0 aromatic carbocycles. The van der Waals surface area contributed by atoms with E-state index in [4.69, 9.17) is 5.73 Å². The molecule has 1 aromatic heterocycles. The van der Waals surface area contributed by atoms with Gasteiger partial charge in [0.1, 0.15) is 5.82 Å². The second-order valence-corrected chi connectivity index (χ2v) is 7.33. The number of nitrogens with one attached hydrogen (secondary N) is 2. The van der Waals surface area contributed by atoms with Crippen molar-refractivity contribution in [3.05, 3.63) is 45.6 Å². The lowest BCUT2D eigenvalue weighted by Crippen LogP contribution is -2.40. The number of nitrogens with zero attached hydrogens (tertiary/aromatic N) is 4. The molecule has 7 nitrogen and oxygen atoms in total. The third kappa shape index (κ3) is 7.10. The predicted octanol–water partition coefficient (Wildman–Crippen LogP) is 2.92. The Morgan fingerprint density at radius 1 is 1.30 bits per heavy atom. The van der Waals surface area contributed by atoms with Crippen molar-refractivity contribution in [2.45, 2.75) is 19.1 Å². The Labute approximate surface area is 168 Å². The molecule has 0 fully saturated rings. The summed E-state index contributed by atoms with van der Waals surface area (Å²) in [5.41, 5.74) is 9.13. The lowest BCUT2D eigenvalue weighted by molar-refractivity contribution is 0.718. The molecule has 0 saturated carbocycles. The second kappa shape index (κ2) is 11.5. The zero-order valence-electron chi connectivity index (χ0n) is 15.4. The molecule has 0 radical (unpaired) electrons. The molecule has 2 rings (SSSR count). The molecular formula is C18H25N7S2. The van der Waals surface area contributed by atoms with Crippen LogP contribution in [0.4, 0.5) is 5.82 Å². The fraction of sp³-hybridized carbons (Fsp3) is 0.333. The number of rotatable bonds is 9. The summed E-state index contributed by atoms with van der Waals surface area (Å²) in [5, 5.41) is 10.3. The van der Waals surface area contributed by atoms with E-state index in [2.05, 4.69) is 44.0 Å². The molecule has 27 heavy (non-hydrogen) atoms. The summed E-state index contributed by atoms with van der Waals surface area (Å²) in [6.07, 6.45) is 1.07. The van der Waals surface area contributed by atoms with Gasteiger partial charge < -0.3 is 16.4 Å². The highest BCUT2D eigenvalue weighted by atomic mass is 32.2. The minimum absolute atomic E-state index is 0.534. The third-order valence-electron chi connectivity index (χ3n) is 3.67. The van der Waals surface area contributed by atoms with Gasteiger partial charge in [0.25, 0.3) is 0 Å². The van der Waals surface area contributed by atoms with Crippen LogP contribution in [0.25, 0.3) is 0 Å². The molecule has 0 bridgehead atoms. The van der Waals surface area contributed by atoms with E-state index in [1.165, 1.54) is 0 Å². The smallest absolute Gasteiger partial charge is 0.191 e. The Bertz CT molecular complexity index is 756. The highest BCUT2D eigenvalue weighted by molar-refractivity contribution is 8.02. The number of nitrogen functional groups attached to an aromatic ring is 1. The maximum atomic E-state index is 5.69. The van der Waals surface area contributed by atoms with E-state index in [0.717, 1.165) is 42.5 Å². The van der Waals surface area contributed by atoms with E-state index in [-0.39, 0.29) is 0 Å². The maximum absolute atomic E-state index is 5.69. The molecule has 2 heterocycles. The molecule has 0 saturated heterocycles. The number of anilines is 1. The van der Waals surface area contributed by atoms with Crippen LogP contribution in [0.15, 0.2) is 49.3 Å². The summed E-state index contributed by atoms with van der Waals surface area (Å²) in [5.74, 6) is 2.82. The Hall–Kier alpha value is -2.26. The summed E-state index contributed by atoms with van der Waals surface area (Å²) in [7, 11) is 0. The molecule has 0 spiro atoms. The molecule has 0 aliphatic carbocycles. The van der Waals surface area contributed by atoms with E-state index >= 15 is 0 Å². The Balaban J connectivity index is 1.89. The lowest BCUT2D eigenvalue weighted by atomic mass is 10.2. The predicted molar refractivity (Wildman–Crippen MR) is 120 cm³/mol. The van der Waals surface area contributed by atoms with Gasteiger partial charge in [-0.2, -0.15) is 0 Å². The van der Waals surface area contributed by atoms with Crippen molar-refractivity contribution >= 4 is 48.7 Å². The first-order valence-electron chi connectivity index (χ1n) is 8.45. The molecule has 1 aliphatic rings. The summed E-state index contributed by atoms with van der Waals surface area (Å²) >= 11 is 3.17. The molecule has 0 unspecified atom stereocenters. The molecule has 0 amide bonds. The Morgan fingerprint density at radius 2 is 2.04 bits per heavy atom.